The van der Waals surface area contributed by atoms with Crippen molar-refractivity contribution in [3.05, 3.63) is 53.6 Å². The molecule has 2 aromatic rings. The molecule has 1 aliphatic rings. The smallest absolute Gasteiger partial charge is 0.417 e. The van der Waals surface area contributed by atoms with Crippen LogP contribution in [-0.4, -0.2) is 56.9 Å². The van der Waals surface area contributed by atoms with Crippen molar-refractivity contribution < 1.29 is 27.4 Å². The predicted octanol–water partition coefficient (Wildman–Crippen LogP) is 4.34. The molecular formula is C23H25F3N4O3. The fourth-order valence-electron chi connectivity index (χ4n) is 3.75. The topological polar surface area (TPSA) is 77.8 Å². The van der Waals surface area contributed by atoms with E-state index < -0.39 is 17.3 Å². The van der Waals surface area contributed by atoms with Gasteiger partial charge in [0.1, 0.15) is 5.75 Å². The van der Waals surface area contributed by atoms with Crippen LogP contribution in [-0.2, 0) is 10.9 Å². The van der Waals surface area contributed by atoms with Crippen LogP contribution >= 0.6 is 0 Å². The van der Waals surface area contributed by atoms with Crippen LogP contribution in [0, 0.1) is 11.3 Å². The number of ether oxygens (including phenoxy) is 2. The van der Waals surface area contributed by atoms with Crippen molar-refractivity contribution in [2.24, 2.45) is 0 Å². The Morgan fingerprint density at radius 2 is 1.94 bits per heavy atom. The third-order valence-corrected chi connectivity index (χ3v) is 5.31. The molecule has 3 rings (SSSR count). The molecular weight excluding hydrogens is 437 g/mol. The summed E-state index contributed by atoms with van der Waals surface area (Å²) >= 11 is 0. The van der Waals surface area contributed by atoms with Crippen LogP contribution in [0.5, 0.6) is 5.75 Å². The minimum atomic E-state index is -4.63. The summed E-state index contributed by atoms with van der Waals surface area (Å²) in [6, 6.07) is 11.5. The maximum absolute atomic E-state index is 13.4. The lowest BCUT2D eigenvalue weighted by atomic mass is 10.1. The molecule has 0 bridgehead atoms. The molecule has 0 aromatic heterocycles. The molecule has 1 saturated heterocycles. The summed E-state index contributed by atoms with van der Waals surface area (Å²) < 4.78 is 50.8. The first-order valence-corrected chi connectivity index (χ1v) is 10.4. The predicted molar refractivity (Wildman–Crippen MR) is 117 cm³/mol. The fraction of sp³-hybridized carbons (Fsp3) is 0.391. The van der Waals surface area contributed by atoms with Gasteiger partial charge in [-0.15, -0.1) is 0 Å². The third kappa shape index (κ3) is 5.87. The Kier molecular flexibility index (Phi) is 7.66. The molecule has 1 heterocycles. The molecule has 7 nitrogen and oxygen atoms in total. The Morgan fingerprint density at radius 3 is 2.55 bits per heavy atom. The average Bonchev–Trinajstić information content (AvgIpc) is 2.79. The van der Waals surface area contributed by atoms with Gasteiger partial charge in [0.2, 0.25) is 0 Å². The van der Waals surface area contributed by atoms with Crippen molar-refractivity contribution in [3.63, 3.8) is 0 Å². The number of piperazine rings is 1. The normalized spacial score (nSPS) is 16.3. The van der Waals surface area contributed by atoms with Crippen LogP contribution in [0.2, 0.25) is 0 Å². The number of alkyl halides is 3. The molecule has 0 aliphatic carbocycles. The van der Waals surface area contributed by atoms with Crippen molar-refractivity contribution in [1.82, 2.24) is 4.90 Å². The van der Waals surface area contributed by atoms with Crippen LogP contribution < -0.4 is 15.0 Å². The summed E-state index contributed by atoms with van der Waals surface area (Å²) in [5, 5.41) is 11.9. The number of anilines is 2. The van der Waals surface area contributed by atoms with Crippen LogP contribution in [0.3, 0.4) is 0 Å². The lowest BCUT2D eigenvalue weighted by Crippen LogP contribution is -2.58. The van der Waals surface area contributed by atoms with Gasteiger partial charge in [0.05, 0.1) is 36.5 Å². The van der Waals surface area contributed by atoms with Crippen LogP contribution in [0.4, 0.5) is 29.3 Å². The van der Waals surface area contributed by atoms with E-state index in [1.54, 1.807) is 40.1 Å². The Labute approximate surface area is 190 Å². The summed E-state index contributed by atoms with van der Waals surface area (Å²) in [7, 11) is 1.50. The Morgan fingerprint density at radius 1 is 1.21 bits per heavy atom. The van der Waals surface area contributed by atoms with E-state index in [4.69, 9.17) is 14.7 Å². The van der Waals surface area contributed by atoms with Gasteiger partial charge in [-0.1, -0.05) is 0 Å². The van der Waals surface area contributed by atoms with E-state index in [2.05, 4.69) is 5.32 Å². The van der Waals surface area contributed by atoms with Gasteiger partial charge in [-0.3, -0.25) is 0 Å². The van der Waals surface area contributed by atoms with Crippen LogP contribution in [0.25, 0.3) is 0 Å². The second-order valence-electron chi connectivity index (χ2n) is 7.48. The van der Waals surface area contributed by atoms with Crippen molar-refractivity contribution in [2.75, 3.05) is 50.2 Å². The zero-order chi connectivity index (χ0) is 24.0. The summed E-state index contributed by atoms with van der Waals surface area (Å²) in [6.07, 6.45) is -4.63. The number of carbonyl (C=O) groups excluding carboxylic acids is 1. The third-order valence-electron chi connectivity index (χ3n) is 5.31. The number of rotatable bonds is 6. The van der Waals surface area contributed by atoms with E-state index in [9.17, 15) is 18.0 Å². The zero-order valence-electron chi connectivity index (χ0n) is 18.4. The molecule has 1 N–H and O–H groups in total. The first-order valence-electron chi connectivity index (χ1n) is 10.4. The zero-order valence-corrected chi connectivity index (χ0v) is 18.4. The van der Waals surface area contributed by atoms with Gasteiger partial charge in [0, 0.05) is 38.1 Å². The van der Waals surface area contributed by atoms with Crippen molar-refractivity contribution in [1.29, 1.82) is 5.26 Å². The van der Waals surface area contributed by atoms with E-state index in [1.165, 1.54) is 19.2 Å². The average molecular weight is 462 g/mol. The van der Waals surface area contributed by atoms with Gasteiger partial charge in [0.25, 0.3) is 0 Å². The highest BCUT2D eigenvalue weighted by molar-refractivity contribution is 5.89. The largest absolute Gasteiger partial charge is 0.494 e. The summed E-state index contributed by atoms with van der Waals surface area (Å²) in [5.41, 5.74) is -0.451. The Balaban J connectivity index is 1.74. The molecule has 1 unspecified atom stereocenters. The quantitative estimate of drug-likeness (QED) is 0.691. The van der Waals surface area contributed by atoms with Crippen LogP contribution in [0.1, 0.15) is 18.1 Å². The fourth-order valence-corrected chi connectivity index (χ4v) is 3.75. The van der Waals surface area contributed by atoms with Gasteiger partial charge in [-0.25, -0.2) is 4.79 Å². The van der Waals surface area contributed by atoms with Gasteiger partial charge in [0.15, 0.2) is 0 Å². The van der Waals surface area contributed by atoms with Crippen molar-refractivity contribution in [2.45, 2.75) is 19.1 Å². The highest BCUT2D eigenvalue weighted by atomic mass is 19.4. The second kappa shape index (κ2) is 10.4. The molecule has 0 spiro atoms. The number of nitrogens with zero attached hydrogens (tertiary/aromatic N) is 3. The number of methoxy groups -OCH3 is 1. The first-order chi connectivity index (χ1) is 15.8. The molecule has 1 atom stereocenters. The van der Waals surface area contributed by atoms with Gasteiger partial charge >= 0.3 is 12.2 Å². The standard InChI is InChI=1S/C23H25F3N4O3/c1-3-33-20-8-5-17(6-9-20)28-22(31)30-11-10-29(14-19(30)15-32-2)18-7-4-16(13-27)21(12-18)23(24,25)26/h4-9,12,19H,3,10-11,14-15H2,1-2H3,(H,28,31). The number of hydrogen-bond acceptors (Lipinski definition) is 5. The van der Waals surface area contributed by atoms with E-state index in [0.717, 1.165) is 6.07 Å². The minimum absolute atomic E-state index is 0.218. The van der Waals surface area contributed by atoms with Gasteiger partial charge in [-0.05, 0) is 49.4 Å². The minimum Gasteiger partial charge on any atom is -0.494 e. The van der Waals surface area contributed by atoms with Crippen molar-refractivity contribution in [3.8, 4) is 11.8 Å². The maximum atomic E-state index is 13.4. The summed E-state index contributed by atoms with van der Waals surface area (Å²) in [4.78, 5) is 16.3. The van der Waals surface area contributed by atoms with E-state index in [0.29, 0.717) is 30.3 Å². The van der Waals surface area contributed by atoms with E-state index in [1.807, 2.05) is 6.92 Å². The molecule has 2 aromatic carbocycles. The molecule has 0 radical (unpaired) electrons. The number of nitriles is 1. The molecule has 1 aliphatic heterocycles. The molecule has 176 valence electrons. The second-order valence-corrected chi connectivity index (χ2v) is 7.48. The lowest BCUT2D eigenvalue weighted by Gasteiger charge is -2.42. The monoisotopic (exact) mass is 462 g/mol. The Hall–Kier alpha value is -3.45. The first kappa shape index (κ1) is 24.2. The number of hydrogen-bond donors (Lipinski definition) is 1. The molecule has 33 heavy (non-hydrogen) atoms. The SMILES string of the molecule is CCOc1ccc(NC(=O)N2CCN(c3ccc(C#N)c(C(F)(F)F)c3)CC2COC)cc1. The lowest BCUT2D eigenvalue weighted by molar-refractivity contribution is -0.137. The summed E-state index contributed by atoms with van der Waals surface area (Å²) in [6.45, 7) is 3.55. The number of halogens is 3. The van der Waals surface area contributed by atoms with Gasteiger partial charge < -0.3 is 24.6 Å². The number of urea groups is 1. The van der Waals surface area contributed by atoms with Crippen LogP contribution in [0.15, 0.2) is 42.5 Å². The number of amides is 2. The maximum Gasteiger partial charge on any atom is 0.417 e. The molecule has 1 fully saturated rings. The van der Waals surface area contributed by atoms with E-state index >= 15 is 0 Å². The number of benzene rings is 2. The number of nitrogens with one attached hydrogen (secondary N) is 1. The summed E-state index contributed by atoms with van der Waals surface area (Å²) in [5.74, 6) is 0.696. The Bertz CT molecular complexity index is 1010. The number of carbonyl (C=O) groups is 1. The highest BCUT2D eigenvalue weighted by Gasteiger charge is 2.36. The highest BCUT2D eigenvalue weighted by Crippen LogP contribution is 2.35. The van der Waals surface area contributed by atoms with Crippen molar-refractivity contribution >= 4 is 17.4 Å². The van der Waals surface area contributed by atoms with E-state index in [-0.39, 0.29) is 31.8 Å². The molecule has 2 amide bonds. The molecule has 0 saturated carbocycles. The molecule has 10 heteroatoms. The van der Waals surface area contributed by atoms with Gasteiger partial charge in [-0.2, -0.15) is 18.4 Å².